The predicted molar refractivity (Wildman–Crippen MR) is 174 cm³/mol. The number of hydrogen-bond acceptors (Lipinski definition) is 6. The van der Waals surface area contributed by atoms with E-state index in [-0.39, 0.29) is 6.61 Å². The number of aliphatic hydroxyl groups is 2. The van der Waals surface area contributed by atoms with E-state index in [4.69, 9.17) is 9.47 Å². The fraction of sp³-hybridized carbons (Fsp3) is 0.543. The van der Waals surface area contributed by atoms with Gasteiger partial charge in [0.2, 0.25) is 0 Å². The molecule has 8 nitrogen and oxygen atoms in total. The number of hydrogen-bond donors (Lipinski definition) is 4. The largest absolute Gasteiger partial charge is 0.444 e. The molecular weight excluding hydrogens is 658 g/mol. The third kappa shape index (κ3) is 15.5. The van der Waals surface area contributed by atoms with Crippen LogP contribution in [-0.2, 0) is 21.8 Å². The minimum atomic E-state index is -4.42. The molecule has 2 aromatic rings. The van der Waals surface area contributed by atoms with Crippen molar-refractivity contribution >= 4 is 12.2 Å². The molecular formula is C35H48F6N2O6. The molecule has 0 heterocycles. The molecule has 0 bridgehead atoms. The third-order valence-electron chi connectivity index (χ3n) is 6.85. The Morgan fingerprint density at radius 1 is 0.694 bits per heavy atom. The van der Waals surface area contributed by atoms with Gasteiger partial charge in [0, 0.05) is 17.9 Å². The summed E-state index contributed by atoms with van der Waals surface area (Å²) >= 11 is 0. The number of rotatable bonds is 10. The van der Waals surface area contributed by atoms with E-state index in [0.717, 1.165) is 24.3 Å². The Hall–Kier alpha value is -3.78. The molecule has 14 heteroatoms. The maximum Gasteiger partial charge on any atom is 0.416 e. The van der Waals surface area contributed by atoms with Gasteiger partial charge in [-0.25, -0.2) is 9.59 Å². The van der Waals surface area contributed by atoms with Crippen molar-refractivity contribution in [1.82, 2.24) is 10.6 Å². The third-order valence-corrected chi connectivity index (χ3v) is 6.85. The van der Waals surface area contributed by atoms with Crippen LogP contribution in [0.25, 0.3) is 0 Å². The van der Waals surface area contributed by atoms with Gasteiger partial charge in [-0.2, -0.15) is 26.3 Å². The molecule has 0 fully saturated rings. The Balaban J connectivity index is 0.000000490. The van der Waals surface area contributed by atoms with E-state index in [0.29, 0.717) is 17.5 Å². The van der Waals surface area contributed by atoms with Gasteiger partial charge in [-0.1, -0.05) is 43.3 Å². The van der Waals surface area contributed by atoms with Crippen LogP contribution in [0.2, 0.25) is 0 Å². The first-order valence-corrected chi connectivity index (χ1v) is 15.6. The summed E-state index contributed by atoms with van der Waals surface area (Å²) in [5.41, 5.74) is -1.80. The van der Waals surface area contributed by atoms with Gasteiger partial charge in [-0.15, -0.1) is 0 Å². The summed E-state index contributed by atoms with van der Waals surface area (Å²) in [5.74, 6) is -1.02. The number of benzene rings is 2. The van der Waals surface area contributed by atoms with Crippen LogP contribution in [0.4, 0.5) is 35.9 Å². The number of halogens is 6. The van der Waals surface area contributed by atoms with Crippen LogP contribution in [0.5, 0.6) is 0 Å². The van der Waals surface area contributed by atoms with Crippen LogP contribution in [0.1, 0.15) is 95.9 Å². The van der Waals surface area contributed by atoms with Crippen molar-refractivity contribution in [2.75, 3.05) is 13.2 Å². The lowest BCUT2D eigenvalue weighted by Gasteiger charge is -2.28. The highest BCUT2D eigenvalue weighted by Gasteiger charge is 2.32. The van der Waals surface area contributed by atoms with Gasteiger partial charge < -0.3 is 30.3 Å². The second-order valence-corrected chi connectivity index (χ2v) is 13.2. The monoisotopic (exact) mass is 706 g/mol. The fourth-order valence-electron chi connectivity index (χ4n) is 4.62. The number of carbonyl (C=O) groups is 2. The Morgan fingerprint density at radius 2 is 1.08 bits per heavy atom. The smallest absolute Gasteiger partial charge is 0.416 e. The van der Waals surface area contributed by atoms with Gasteiger partial charge in [-0.3, -0.25) is 0 Å². The minimum absolute atomic E-state index is 0.306. The summed E-state index contributed by atoms with van der Waals surface area (Å²) in [4.78, 5) is 23.8. The van der Waals surface area contributed by atoms with Gasteiger partial charge in [0.25, 0.3) is 0 Å². The van der Waals surface area contributed by atoms with Crippen LogP contribution >= 0.6 is 0 Å². The van der Waals surface area contributed by atoms with Gasteiger partial charge in [0.05, 0.1) is 30.4 Å². The summed E-state index contributed by atoms with van der Waals surface area (Å²) < 4.78 is 86.3. The van der Waals surface area contributed by atoms with Crippen LogP contribution in [-0.4, -0.2) is 58.9 Å². The average Bonchev–Trinajstić information content (AvgIpc) is 2.96. The molecule has 49 heavy (non-hydrogen) atoms. The van der Waals surface area contributed by atoms with Crippen molar-refractivity contribution in [2.24, 2.45) is 0 Å². The molecule has 2 amide bonds. The van der Waals surface area contributed by atoms with E-state index < -0.39 is 77.4 Å². The second-order valence-electron chi connectivity index (χ2n) is 13.2. The molecule has 0 saturated heterocycles. The van der Waals surface area contributed by atoms with Crippen molar-refractivity contribution < 1.29 is 55.6 Å². The average molecular weight is 707 g/mol. The molecule has 0 spiro atoms. The highest BCUT2D eigenvalue weighted by atomic mass is 19.4. The molecule has 0 aliphatic heterocycles. The van der Waals surface area contributed by atoms with Crippen LogP contribution in [0.3, 0.4) is 0 Å². The maximum atomic E-state index is 12.7. The predicted octanol–water partition coefficient (Wildman–Crippen LogP) is 8.34. The number of alkyl halides is 6. The number of allylic oxidation sites excluding steroid dienone is 1. The minimum Gasteiger partial charge on any atom is -0.444 e. The molecule has 276 valence electrons. The zero-order chi connectivity index (χ0) is 37.8. The maximum absolute atomic E-state index is 12.7. The van der Waals surface area contributed by atoms with Crippen LogP contribution in [0.15, 0.2) is 60.7 Å². The Bertz CT molecular complexity index is 1330. The molecule has 0 aliphatic carbocycles. The first-order chi connectivity index (χ1) is 22.4. The quantitative estimate of drug-likeness (QED) is 0.146. The topological polar surface area (TPSA) is 117 Å². The van der Waals surface area contributed by atoms with Gasteiger partial charge in [0.1, 0.15) is 11.2 Å². The van der Waals surface area contributed by atoms with E-state index in [9.17, 15) is 46.1 Å². The Morgan fingerprint density at radius 3 is 1.39 bits per heavy atom. The number of aliphatic hydroxyl groups excluding tert-OH is 2. The van der Waals surface area contributed by atoms with Gasteiger partial charge in [-0.05, 0) is 90.3 Å². The first-order valence-electron chi connectivity index (χ1n) is 15.6. The molecule has 0 aromatic heterocycles. The molecule has 2 rings (SSSR count). The van der Waals surface area contributed by atoms with E-state index >= 15 is 0 Å². The van der Waals surface area contributed by atoms with E-state index in [1.807, 2.05) is 6.92 Å². The number of carbonyl (C=O) groups excluding carboxylic acids is 2. The lowest BCUT2D eigenvalue weighted by atomic mass is 9.90. The molecule has 2 aromatic carbocycles. The van der Waals surface area contributed by atoms with Crippen molar-refractivity contribution in [3.63, 3.8) is 0 Å². The van der Waals surface area contributed by atoms with E-state index in [2.05, 4.69) is 10.6 Å². The van der Waals surface area contributed by atoms with Crippen LogP contribution < -0.4 is 10.6 Å². The normalized spacial score (nSPS) is 14.9. The summed E-state index contributed by atoms with van der Waals surface area (Å²) in [7, 11) is 0. The number of amides is 2. The number of ether oxygens (including phenoxy) is 2. The summed E-state index contributed by atoms with van der Waals surface area (Å²) in [6, 6.07) is 8.04. The molecule has 4 atom stereocenters. The highest BCUT2D eigenvalue weighted by Crippen LogP contribution is 2.32. The zero-order valence-electron chi connectivity index (χ0n) is 29.0. The fourth-order valence-corrected chi connectivity index (χ4v) is 4.62. The van der Waals surface area contributed by atoms with Crippen molar-refractivity contribution in [2.45, 2.75) is 109 Å². The second kappa shape index (κ2) is 18.3. The molecule has 0 unspecified atom stereocenters. The van der Waals surface area contributed by atoms with E-state index in [1.165, 1.54) is 24.3 Å². The van der Waals surface area contributed by atoms with Crippen molar-refractivity contribution in [1.29, 1.82) is 0 Å². The molecule has 0 saturated carbocycles. The summed E-state index contributed by atoms with van der Waals surface area (Å²) in [5, 5.41) is 24.5. The van der Waals surface area contributed by atoms with E-state index in [1.54, 1.807) is 60.6 Å². The van der Waals surface area contributed by atoms with Crippen LogP contribution in [0, 0.1) is 0 Å². The Labute approximate surface area is 283 Å². The summed E-state index contributed by atoms with van der Waals surface area (Å²) in [6.45, 7) is 13.2. The molecule has 0 aliphatic rings. The van der Waals surface area contributed by atoms with Gasteiger partial charge in [0.15, 0.2) is 0 Å². The lowest BCUT2D eigenvalue weighted by Crippen LogP contribution is -2.44. The van der Waals surface area contributed by atoms with Gasteiger partial charge >= 0.3 is 24.5 Å². The molecule has 4 N–H and O–H groups in total. The standard InChI is InChI=1S/C18H24F3NO3.C17H24F3NO3/c1-5-6-14(12-7-9-13(10-8-12)18(19,20)21)15(11-23)22-16(24)25-17(2,3)4;1-5-14(21-15(23)24-16(2,3)4)13(10-22)11-6-8-12(9-7-11)17(18,19)20/h5-10,14-15,23H,11H2,1-4H3,(H,22,24);6-9,13-14,22H,5,10H2,1-4H3,(H,21,23)/b6-5+;/t14-,15+;13-,14+/m00/s1. The highest BCUT2D eigenvalue weighted by molar-refractivity contribution is 5.68. The molecule has 0 radical (unpaired) electrons. The summed E-state index contributed by atoms with van der Waals surface area (Å²) in [6.07, 6.45) is -6.24. The SMILES string of the molecule is C/C=C/[C@@H](c1ccc(C(F)(F)F)cc1)[C@@H](CO)NC(=O)OC(C)(C)C.CC[C@@H](NC(=O)OC(C)(C)C)[C@@H](CO)c1ccc(C(F)(F)F)cc1. The lowest BCUT2D eigenvalue weighted by molar-refractivity contribution is -0.138. The Kier molecular flexibility index (Phi) is 16.1. The van der Waals surface area contributed by atoms with Crippen molar-refractivity contribution in [3.8, 4) is 0 Å². The zero-order valence-corrected chi connectivity index (χ0v) is 29.0. The first kappa shape index (κ1) is 43.2. The number of nitrogens with one attached hydrogen (secondary N) is 2. The number of alkyl carbamates (subject to hydrolysis) is 2. The van der Waals surface area contributed by atoms with Crippen molar-refractivity contribution in [3.05, 3.63) is 82.9 Å².